The summed E-state index contributed by atoms with van der Waals surface area (Å²) in [7, 11) is 0. The SMILES string of the molecule is NC[C@@H](O)c1ccc(C(F)(F)F)c(F)c1. The average Bonchev–Trinajstić information content (AvgIpc) is 2.14. The van der Waals surface area contributed by atoms with Crippen molar-refractivity contribution >= 4 is 0 Å². The molecule has 0 bridgehead atoms. The van der Waals surface area contributed by atoms with Gasteiger partial charge in [0.05, 0.1) is 11.7 Å². The summed E-state index contributed by atoms with van der Waals surface area (Å²) in [6.45, 7) is -0.176. The maximum atomic E-state index is 13.0. The molecule has 3 N–H and O–H groups in total. The lowest BCUT2D eigenvalue weighted by molar-refractivity contribution is -0.140. The highest BCUT2D eigenvalue weighted by Crippen LogP contribution is 2.32. The van der Waals surface area contributed by atoms with Crippen LogP contribution in [0.25, 0.3) is 0 Å². The van der Waals surface area contributed by atoms with Crippen LogP contribution in [0.1, 0.15) is 17.2 Å². The van der Waals surface area contributed by atoms with Gasteiger partial charge in [0.15, 0.2) is 0 Å². The lowest BCUT2D eigenvalue weighted by Gasteiger charge is -2.11. The summed E-state index contributed by atoms with van der Waals surface area (Å²) in [4.78, 5) is 0. The monoisotopic (exact) mass is 223 g/mol. The van der Waals surface area contributed by atoms with Gasteiger partial charge in [0.2, 0.25) is 0 Å². The standard InChI is InChI=1S/C9H9F4NO/c10-7-3-5(8(15)4-14)1-2-6(7)9(11,12)13/h1-3,8,15H,4,14H2/t8-/m1/s1. The average molecular weight is 223 g/mol. The van der Waals surface area contributed by atoms with E-state index in [-0.39, 0.29) is 12.1 Å². The Labute approximate surface area is 83.3 Å². The number of hydrogen-bond acceptors (Lipinski definition) is 2. The van der Waals surface area contributed by atoms with Crippen LogP contribution in [-0.2, 0) is 6.18 Å². The molecule has 6 heteroatoms. The molecule has 0 aliphatic rings. The topological polar surface area (TPSA) is 46.2 Å². The first-order valence-electron chi connectivity index (χ1n) is 4.11. The normalized spacial score (nSPS) is 14.0. The van der Waals surface area contributed by atoms with E-state index in [2.05, 4.69) is 0 Å². The predicted octanol–water partition coefficient (Wildman–Crippen LogP) is 1.84. The molecule has 0 unspecified atom stereocenters. The number of aliphatic hydroxyl groups excluding tert-OH is 1. The van der Waals surface area contributed by atoms with Gasteiger partial charge < -0.3 is 10.8 Å². The fourth-order valence-electron chi connectivity index (χ4n) is 1.10. The summed E-state index contributed by atoms with van der Waals surface area (Å²) >= 11 is 0. The minimum atomic E-state index is -4.73. The Morgan fingerprint density at radius 3 is 2.33 bits per heavy atom. The van der Waals surface area contributed by atoms with E-state index in [4.69, 9.17) is 5.73 Å². The predicted molar refractivity (Wildman–Crippen MR) is 45.4 cm³/mol. The van der Waals surface area contributed by atoms with Crippen LogP contribution in [-0.4, -0.2) is 11.7 Å². The van der Waals surface area contributed by atoms with Gasteiger partial charge in [-0.25, -0.2) is 4.39 Å². The molecule has 1 aromatic rings. The van der Waals surface area contributed by atoms with Crippen LogP contribution in [0.4, 0.5) is 17.6 Å². The molecule has 84 valence electrons. The number of nitrogens with two attached hydrogens (primary N) is 1. The Morgan fingerprint density at radius 1 is 1.33 bits per heavy atom. The number of rotatable bonds is 2. The molecule has 0 fully saturated rings. The Kier molecular flexibility index (Phi) is 3.31. The Balaban J connectivity index is 3.09. The lowest BCUT2D eigenvalue weighted by atomic mass is 10.1. The zero-order chi connectivity index (χ0) is 11.6. The summed E-state index contributed by atoms with van der Waals surface area (Å²) in [5.41, 5.74) is 3.76. The van der Waals surface area contributed by atoms with E-state index in [1.807, 2.05) is 0 Å². The molecule has 0 aromatic heterocycles. The molecule has 0 saturated carbocycles. The van der Waals surface area contributed by atoms with Gasteiger partial charge in [-0.1, -0.05) is 6.07 Å². The molecule has 1 aromatic carbocycles. The van der Waals surface area contributed by atoms with Crippen LogP contribution >= 0.6 is 0 Å². The molecule has 0 spiro atoms. The molecule has 0 heterocycles. The van der Waals surface area contributed by atoms with Gasteiger partial charge in [0, 0.05) is 6.54 Å². The zero-order valence-electron chi connectivity index (χ0n) is 7.55. The molecule has 0 aliphatic heterocycles. The van der Waals surface area contributed by atoms with Gasteiger partial charge >= 0.3 is 6.18 Å². The van der Waals surface area contributed by atoms with Crippen LogP contribution in [0.15, 0.2) is 18.2 Å². The number of aliphatic hydroxyl groups is 1. The highest BCUT2D eigenvalue weighted by molar-refractivity contribution is 5.27. The minimum absolute atomic E-state index is 0.0306. The number of halogens is 4. The van der Waals surface area contributed by atoms with Crippen LogP contribution in [0, 0.1) is 5.82 Å². The molecule has 1 atom stereocenters. The molecule has 15 heavy (non-hydrogen) atoms. The van der Waals surface area contributed by atoms with Gasteiger partial charge in [0.25, 0.3) is 0 Å². The van der Waals surface area contributed by atoms with Gasteiger partial charge in [-0.15, -0.1) is 0 Å². The van der Waals surface area contributed by atoms with Crippen LogP contribution in [0.5, 0.6) is 0 Å². The summed E-state index contributed by atoms with van der Waals surface area (Å²) in [5.74, 6) is -1.41. The third-order valence-corrected chi connectivity index (χ3v) is 1.91. The number of alkyl halides is 3. The smallest absolute Gasteiger partial charge is 0.387 e. The summed E-state index contributed by atoms with van der Waals surface area (Å²) in [5, 5.41) is 9.17. The summed E-state index contributed by atoms with van der Waals surface area (Å²) in [6.07, 6.45) is -5.88. The fraction of sp³-hybridized carbons (Fsp3) is 0.333. The Bertz CT molecular complexity index is 350. The second-order valence-electron chi connectivity index (χ2n) is 2.99. The van der Waals surface area contributed by atoms with Crippen molar-refractivity contribution in [2.75, 3.05) is 6.54 Å². The van der Waals surface area contributed by atoms with E-state index < -0.39 is 23.7 Å². The van der Waals surface area contributed by atoms with E-state index in [9.17, 15) is 22.7 Å². The first kappa shape index (κ1) is 11.9. The largest absolute Gasteiger partial charge is 0.419 e. The second-order valence-corrected chi connectivity index (χ2v) is 2.99. The molecule has 0 radical (unpaired) electrons. The minimum Gasteiger partial charge on any atom is -0.387 e. The quantitative estimate of drug-likeness (QED) is 0.751. The van der Waals surface area contributed by atoms with Crippen LogP contribution in [0.2, 0.25) is 0 Å². The van der Waals surface area contributed by atoms with Crippen LogP contribution < -0.4 is 5.73 Å². The molecule has 2 nitrogen and oxygen atoms in total. The van der Waals surface area contributed by atoms with E-state index in [1.165, 1.54) is 0 Å². The highest BCUT2D eigenvalue weighted by atomic mass is 19.4. The van der Waals surface area contributed by atoms with E-state index in [0.29, 0.717) is 12.1 Å². The number of hydrogen-bond donors (Lipinski definition) is 2. The molecular weight excluding hydrogens is 214 g/mol. The summed E-state index contributed by atoms with van der Waals surface area (Å²) in [6, 6.07) is 2.23. The molecule has 1 rings (SSSR count). The fourth-order valence-corrected chi connectivity index (χ4v) is 1.10. The lowest BCUT2D eigenvalue weighted by Crippen LogP contribution is -2.13. The Morgan fingerprint density at radius 2 is 1.93 bits per heavy atom. The molecule has 0 amide bonds. The van der Waals surface area contributed by atoms with Crippen molar-refractivity contribution < 1.29 is 22.7 Å². The van der Waals surface area contributed by atoms with Crippen molar-refractivity contribution in [1.82, 2.24) is 0 Å². The zero-order valence-corrected chi connectivity index (χ0v) is 7.55. The third kappa shape index (κ3) is 2.66. The van der Waals surface area contributed by atoms with Gasteiger partial charge in [-0.05, 0) is 17.7 Å². The van der Waals surface area contributed by atoms with Crippen molar-refractivity contribution in [2.45, 2.75) is 12.3 Å². The van der Waals surface area contributed by atoms with Crippen LogP contribution in [0.3, 0.4) is 0 Å². The highest BCUT2D eigenvalue weighted by Gasteiger charge is 2.34. The van der Waals surface area contributed by atoms with E-state index >= 15 is 0 Å². The molecular formula is C9H9F4NO. The maximum absolute atomic E-state index is 13.0. The van der Waals surface area contributed by atoms with E-state index in [0.717, 1.165) is 6.07 Å². The Hall–Kier alpha value is -1.14. The van der Waals surface area contributed by atoms with Gasteiger partial charge in [-0.2, -0.15) is 13.2 Å². The van der Waals surface area contributed by atoms with Crippen molar-refractivity contribution in [2.24, 2.45) is 5.73 Å². The molecule has 0 aliphatic carbocycles. The van der Waals surface area contributed by atoms with Gasteiger partial charge in [-0.3, -0.25) is 0 Å². The molecule has 0 saturated heterocycles. The van der Waals surface area contributed by atoms with Crippen molar-refractivity contribution in [1.29, 1.82) is 0 Å². The van der Waals surface area contributed by atoms with Crippen molar-refractivity contribution in [3.63, 3.8) is 0 Å². The van der Waals surface area contributed by atoms with Crippen molar-refractivity contribution in [3.05, 3.63) is 35.1 Å². The maximum Gasteiger partial charge on any atom is 0.419 e. The van der Waals surface area contributed by atoms with Crippen molar-refractivity contribution in [3.8, 4) is 0 Å². The number of benzene rings is 1. The second kappa shape index (κ2) is 4.16. The summed E-state index contributed by atoms with van der Waals surface area (Å²) < 4.78 is 49.4. The van der Waals surface area contributed by atoms with Gasteiger partial charge in [0.1, 0.15) is 5.82 Å². The third-order valence-electron chi connectivity index (χ3n) is 1.91. The van der Waals surface area contributed by atoms with E-state index in [1.54, 1.807) is 0 Å². The first-order valence-corrected chi connectivity index (χ1v) is 4.11. The first-order chi connectivity index (χ1) is 6.86.